The summed E-state index contributed by atoms with van der Waals surface area (Å²) >= 11 is 12.2. The lowest BCUT2D eigenvalue weighted by atomic mass is 9.84. The van der Waals surface area contributed by atoms with Gasteiger partial charge in [-0.1, -0.05) is 84.2 Å². The summed E-state index contributed by atoms with van der Waals surface area (Å²) < 4.78 is 12.4. The number of benzene rings is 5. The summed E-state index contributed by atoms with van der Waals surface area (Å²) in [5.74, 6) is -0.463. The van der Waals surface area contributed by atoms with Crippen LogP contribution in [0.3, 0.4) is 0 Å². The van der Waals surface area contributed by atoms with Crippen molar-refractivity contribution in [3.8, 4) is 28.7 Å². The van der Waals surface area contributed by atoms with E-state index in [0.717, 1.165) is 52.6 Å². The molecule has 0 aromatic heterocycles. The Labute approximate surface area is 346 Å². The highest BCUT2D eigenvalue weighted by atomic mass is 35.5. The Morgan fingerprint density at radius 2 is 1.60 bits per heavy atom. The molecule has 5 aromatic carbocycles. The number of nitrogens with one attached hydrogen (secondary N) is 1. The fourth-order valence-electron chi connectivity index (χ4n) is 7.82. The van der Waals surface area contributed by atoms with Gasteiger partial charge in [-0.05, 0) is 101 Å². The number of nitriles is 1. The van der Waals surface area contributed by atoms with Gasteiger partial charge in [0.1, 0.15) is 24.1 Å². The number of aliphatic carboxylic acids is 1. The van der Waals surface area contributed by atoms with Crippen LogP contribution in [0.1, 0.15) is 58.7 Å². The summed E-state index contributed by atoms with van der Waals surface area (Å²) in [4.78, 5) is 44.1. The number of carboxylic acid groups (broad SMARTS) is 1. The SMILES string of the molecule is CN1C(=O)C(c2ccc(OCc3ccc(Cl)c(Cl)c3)cc2)Oc2cc3c(cc21)CC(C(=O)NC(Cc1ccc(-c2ccc(C#N)cc2)cc1)C(=O)O)N(C1CCC1)C3. The van der Waals surface area contributed by atoms with E-state index in [1.807, 2.05) is 66.7 Å². The number of hydrogen-bond donors (Lipinski definition) is 2. The third kappa shape index (κ3) is 8.12. The van der Waals surface area contributed by atoms with Crippen LogP contribution in [0.15, 0.2) is 103 Å². The first-order valence-electron chi connectivity index (χ1n) is 19.2. The molecule has 0 bridgehead atoms. The van der Waals surface area contributed by atoms with Crippen LogP contribution in [0, 0.1) is 11.3 Å². The summed E-state index contributed by atoms with van der Waals surface area (Å²) in [6, 6.07) is 31.9. The Hall–Kier alpha value is -5.86. The zero-order chi connectivity index (χ0) is 40.5. The van der Waals surface area contributed by atoms with Crippen LogP contribution in [0.2, 0.25) is 10.0 Å². The molecule has 2 heterocycles. The average molecular weight is 816 g/mol. The predicted octanol–water partition coefficient (Wildman–Crippen LogP) is 8.30. The Balaban J connectivity index is 0.959. The maximum absolute atomic E-state index is 14.1. The van der Waals surface area contributed by atoms with E-state index in [1.165, 1.54) is 0 Å². The third-order valence-electron chi connectivity index (χ3n) is 11.4. The number of carbonyl (C=O) groups is 3. The summed E-state index contributed by atoms with van der Waals surface area (Å²) in [6.07, 6.45) is 2.62. The molecule has 0 spiro atoms. The van der Waals surface area contributed by atoms with Crippen LogP contribution in [-0.4, -0.2) is 53.0 Å². The van der Waals surface area contributed by atoms with E-state index < -0.39 is 24.2 Å². The first-order valence-corrected chi connectivity index (χ1v) is 20.0. The fourth-order valence-corrected chi connectivity index (χ4v) is 8.14. The number of nitrogens with zero attached hydrogens (tertiary/aromatic N) is 3. The first-order chi connectivity index (χ1) is 28.0. The number of anilines is 1. The zero-order valence-corrected chi connectivity index (χ0v) is 33.2. The molecular weight excluding hydrogens is 775 g/mol. The van der Waals surface area contributed by atoms with E-state index in [4.69, 9.17) is 37.9 Å². The van der Waals surface area contributed by atoms with E-state index in [1.54, 1.807) is 48.3 Å². The number of rotatable bonds is 11. The van der Waals surface area contributed by atoms with Gasteiger partial charge in [-0.25, -0.2) is 4.79 Å². The molecule has 2 N–H and O–H groups in total. The fraction of sp³-hybridized carbons (Fsp3) is 0.261. The summed E-state index contributed by atoms with van der Waals surface area (Å²) in [7, 11) is 1.72. The van der Waals surface area contributed by atoms with Gasteiger partial charge >= 0.3 is 5.97 Å². The molecule has 3 unspecified atom stereocenters. The van der Waals surface area contributed by atoms with Crippen molar-refractivity contribution in [1.29, 1.82) is 5.26 Å². The van der Waals surface area contributed by atoms with Gasteiger partial charge < -0.3 is 24.8 Å². The van der Waals surface area contributed by atoms with Crippen LogP contribution >= 0.6 is 23.2 Å². The van der Waals surface area contributed by atoms with Crippen LogP contribution in [0.25, 0.3) is 11.1 Å². The van der Waals surface area contributed by atoms with Crippen molar-refractivity contribution in [2.75, 3.05) is 11.9 Å². The Morgan fingerprint density at radius 3 is 2.24 bits per heavy atom. The Bertz CT molecular complexity index is 2410. The molecule has 1 fully saturated rings. The number of halogens is 2. The second-order valence-electron chi connectivity index (χ2n) is 15.1. The lowest BCUT2D eigenvalue weighted by Crippen LogP contribution is -2.58. The molecule has 2 amide bonds. The van der Waals surface area contributed by atoms with Crippen LogP contribution in [0.4, 0.5) is 5.69 Å². The lowest BCUT2D eigenvalue weighted by Gasteiger charge is -2.45. The van der Waals surface area contributed by atoms with Crippen LogP contribution in [0.5, 0.6) is 11.5 Å². The van der Waals surface area contributed by atoms with Gasteiger partial charge in [0.25, 0.3) is 5.91 Å². The minimum atomic E-state index is -1.13. The van der Waals surface area contributed by atoms with Crippen molar-refractivity contribution in [2.24, 2.45) is 0 Å². The maximum atomic E-state index is 14.1. The monoisotopic (exact) mass is 814 g/mol. The summed E-state index contributed by atoms with van der Waals surface area (Å²) in [6.45, 7) is 0.796. The highest BCUT2D eigenvalue weighted by Crippen LogP contribution is 2.43. The van der Waals surface area contributed by atoms with Gasteiger partial charge in [-0.15, -0.1) is 0 Å². The van der Waals surface area contributed by atoms with Gasteiger partial charge in [-0.2, -0.15) is 5.26 Å². The number of fused-ring (bicyclic) bond motifs is 2. The third-order valence-corrected chi connectivity index (χ3v) is 12.1. The van der Waals surface area contributed by atoms with Gasteiger partial charge in [0.15, 0.2) is 0 Å². The molecule has 2 aliphatic heterocycles. The second kappa shape index (κ2) is 16.5. The van der Waals surface area contributed by atoms with Gasteiger partial charge in [0, 0.05) is 31.6 Å². The summed E-state index contributed by atoms with van der Waals surface area (Å²) in [5.41, 5.74) is 7.34. The minimum Gasteiger partial charge on any atom is -0.489 e. The predicted molar refractivity (Wildman–Crippen MR) is 221 cm³/mol. The normalized spacial score (nSPS) is 18.2. The van der Waals surface area contributed by atoms with Crippen molar-refractivity contribution in [3.63, 3.8) is 0 Å². The molecule has 8 rings (SSSR count). The van der Waals surface area contributed by atoms with Crippen molar-refractivity contribution in [1.82, 2.24) is 10.2 Å². The largest absolute Gasteiger partial charge is 0.489 e. The first kappa shape index (κ1) is 39.0. The van der Waals surface area contributed by atoms with E-state index >= 15 is 0 Å². The smallest absolute Gasteiger partial charge is 0.326 e. The Morgan fingerprint density at radius 1 is 0.914 bits per heavy atom. The van der Waals surface area contributed by atoms with Crippen LogP contribution in [-0.2, 0) is 40.4 Å². The molecule has 3 atom stereocenters. The van der Waals surface area contributed by atoms with E-state index in [-0.39, 0.29) is 24.3 Å². The standard InChI is InChI=1S/C46H40Cl2N4O6/c1-51-40-21-33-22-41(44(53)50-39(46(55)56)20-27-5-10-30(11-6-27)31-12-7-28(24-49)8-13-31)52(35-3-2-4-35)25-34(33)23-42(40)58-43(45(51)54)32-14-16-36(17-15-32)57-26-29-9-18-37(47)38(48)19-29/h5-19,21,23,35,39,41,43H,2-4,20,22,25-26H2,1H3,(H,50,53)(H,55,56). The van der Waals surface area contributed by atoms with Crippen molar-refractivity contribution >= 4 is 46.7 Å². The average Bonchev–Trinajstić information content (AvgIpc) is 3.21. The molecule has 12 heteroatoms. The molecule has 3 aliphatic rings. The van der Waals surface area contributed by atoms with E-state index in [2.05, 4.69) is 16.3 Å². The molecule has 58 heavy (non-hydrogen) atoms. The molecule has 294 valence electrons. The molecule has 0 saturated heterocycles. The van der Waals surface area contributed by atoms with Gasteiger partial charge in [-0.3, -0.25) is 14.5 Å². The van der Waals surface area contributed by atoms with E-state index in [9.17, 15) is 19.5 Å². The van der Waals surface area contributed by atoms with Crippen molar-refractivity contribution in [2.45, 2.75) is 69.5 Å². The topological polar surface area (TPSA) is 132 Å². The zero-order valence-electron chi connectivity index (χ0n) is 31.7. The van der Waals surface area contributed by atoms with Crippen LogP contribution < -0.4 is 19.7 Å². The highest BCUT2D eigenvalue weighted by Gasteiger charge is 2.41. The van der Waals surface area contributed by atoms with Gasteiger partial charge in [0.05, 0.1) is 33.4 Å². The van der Waals surface area contributed by atoms with E-state index in [0.29, 0.717) is 57.9 Å². The Kier molecular flexibility index (Phi) is 11.1. The number of hydrogen-bond acceptors (Lipinski definition) is 7. The molecule has 1 saturated carbocycles. The number of likely N-dealkylation sites (N-methyl/N-ethyl adjacent to an activating group) is 1. The van der Waals surface area contributed by atoms with Crippen molar-refractivity contribution < 1.29 is 29.0 Å². The number of amides is 2. The summed E-state index contributed by atoms with van der Waals surface area (Å²) in [5, 5.41) is 23.1. The second-order valence-corrected chi connectivity index (χ2v) is 15.9. The molecule has 0 radical (unpaired) electrons. The number of ether oxygens (including phenoxy) is 2. The van der Waals surface area contributed by atoms with Gasteiger partial charge in [0.2, 0.25) is 12.0 Å². The lowest BCUT2D eigenvalue weighted by molar-refractivity contribution is -0.143. The molecular formula is C46H40Cl2N4O6. The number of carboxylic acids is 1. The molecule has 1 aliphatic carbocycles. The number of carbonyl (C=O) groups excluding carboxylic acids is 2. The quantitative estimate of drug-likeness (QED) is 0.136. The highest BCUT2D eigenvalue weighted by molar-refractivity contribution is 6.42. The molecule has 5 aromatic rings. The minimum absolute atomic E-state index is 0.120. The molecule has 10 nitrogen and oxygen atoms in total. The van der Waals surface area contributed by atoms with Crippen molar-refractivity contribution in [3.05, 3.63) is 147 Å². The maximum Gasteiger partial charge on any atom is 0.326 e.